The zero-order valence-electron chi connectivity index (χ0n) is 13.0. The Hall–Kier alpha value is -2.44. The summed E-state index contributed by atoms with van der Waals surface area (Å²) in [6.45, 7) is -0.627. The predicted molar refractivity (Wildman–Crippen MR) is 92.7 cm³/mol. The number of hydrogen-bond donors (Lipinski definition) is 1. The minimum absolute atomic E-state index is 0.0348. The summed E-state index contributed by atoms with van der Waals surface area (Å²) in [6.07, 6.45) is -0.747. The highest BCUT2D eigenvalue weighted by atomic mass is 35.5. The monoisotopic (exact) mass is 383 g/mol. The van der Waals surface area contributed by atoms with Crippen LogP contribution >= 0.6 is 23.2 Å². The number of esters is 1. The van der Waals surface area contributed by atoms with Crippen LogP contribution in [0.15, 0.2) is 48.5 Å². The molecule has 0 aliphatic carbocycles. The van der Waals surface area contributed by atoms with Crippen molar-refractivity contribution in [1.82, 2.24) is 5.32 Å². The van der Waals surface area contributed by atoms with Crippen LogP contribution in [-0.2, 0) is 20.9 Å². The van der Waals surface area contributed by atoms with Crippen molar-refractivity contribution in [3.05, 3.63) is 64.1 Å². The molecule has 1 N–H and O–H groups in total. The molecular formula is C17H15Cl2NO5. The van der Waals surface area contributed by atoms with Crippen LogP contribution in [0.1, 0.15) is 5.56 Å². The largest absolute Gasteiger partial charge is 0.482 e. The van der Waals surface area contributed by atoms with Gasteiger partial charge in [-0.25, -0.2) is 9.59 Å². The number of ether oxygens (including phenoxy) is 3. The molecule has 0 saturated heterocycles. The highest BCUT2D eigenvalue weighted by Crippen LogP contribution is 2.21. The fraction of sp³-hybridized carbons (Fsp3) is 0.176. The number of carbonyl (C=O) groups excluding carboxylic acids is 2. The molecular weight excluding hydrogens is 369 g/mol. The van der Waals surface area contributed by atoms with Gasteiger partial charge in [0.15, 0.2) is 13.3 Å². The van der Waals surface area contributed by atoms with Gasteiger partial charge in [0.1, 0.15) is 12.4 Å². The first-order valence-electron chi connectivity index (χ1n) is 7.22. The van der Waals surface area contributed by atoms with Gasteiger partial charge in [0.25, 0.3) is 0 Å². The number of alkyl carbamates (subject to hydrolysis) is 1. The molecule has 0 fully saturated rings. The topological polar surface area (TPSA) is 73.9 Å². The molecule has 0 heterocycles. The van der Waals surface area contributed by atoms with Crippen molar-refractivity contribution in [3.63, 3.8) is 0 Å². The summed E-state index contributed by atoms with van der Waals surface area (Å²) in [7, 11) is 0. The Kier molecular flexibility index (Phi) is 7.37. The molecule has 132 valence electrons. The molecule has 0 aliphatic heterocycles. The predicted octanol–water partition coefficient (Wildman–Crippen LogP) is 3.80. The summed E-state index contributed by atoms with van der Waals surface area (Å²) in [5.41, 5.74) is 0.606. The lowest BCUT2D eigenvalue weighted by molar-refractivity contribution is -0.146. The number of para-hydroxylation sites is 1. The third kappa shape index (κ3) is 6.91. The quantitative estimate of drug-likeness (QED) is 0.581. The normalized spacial score (nSPS) is 10.0. The van der Waals surface area contributed by atoms with Crippen LogP contribution in [-0.4, -0.2) is 25.4 Å². The van der Waals surface area contributed by atoms with E-state index in [0.717, 1.165) is 0 Å². The summed E-state index contributed by atoms with van der Waals surface area (Å²) >= 11 is 11.7. The van der Waals surface area contributed by atoms with Crippen molar-refractivity contribution in [2.75, 3.05) is 13.3 Å². The molecule has 8 heteroatoms. The maximum absolute atomic E-state index is 11.5. The van der Waals surface area contributed by atoms with Gasteiger partial charge < -0.3 is 14.2 Å². The Morgan fingerprint density at radius 1 is 1.00 bits per heavy atom. The van der Waals surface area contributed by atoms with E-state index in [2.05, 4.69) is 5.32 Å². The molecule has 0 bridgehead atoms. The Bertz CT molecular complexity index is 724. The van der Waals surface area contributed by atoms with E-state index >= 15 is 0 Å². The second-order valence-electron chi connectivity index (χ2n) is 4.75. The van der Waals surface area contributed by atoms with Gasteiger partial charge in [0, 0.05) is 15.6 Å². The van der Waals surface area contributed by atoms with E-state index < -0.39 is 12.1 Å². The summed E-state index contributed by atoms with van der Waals surface area (Å²) < 4.78 is 15.0. The van der Waals surface area contributed by atoms with Crippen LogP contribution in [0, 0.1) is 0 Å². The van der Waals surface area contributed by atoms with Gasteiger partial charge in [0.05, 0.1) is 0 Å². The second kappa shape index (κ2) is 9.76. The molecule has 2 aromatic carbocycles. The zero-order chi connectivity index (χ0) is 18.1. The standard InChI is InChI=1S/C17H15Cl2NO5/c18-13-7-6-12(15(19)8-13)9-24-17(22)20-11-25-16(21)10-23-14-4-2-1-3-5-14/h1-8H,9-11H2,(H,20,22). The van der Waals surface area contributed by atoms with Crippen molar-refractivity contribution in [3.8, 4) is 5.75 Å². The van der Waals surface area contributed by atoms with Crippen molar-refractivity contribution < 1.29 is 23.8 Å². The Morgan fingerprint density at radius 3 is 2.48 bits per heavy atom. The minimum atomic E-state index is -0.747. The van der Waals surface area contributed by atoms with E-state index in [1.165, 1.54) is 0 Å². The molecule has 0 aromatic heterocycles. The molecule has 1 amide bonds. The van der Waals surface area contributed by atoms with Crippen LogP contribution in [0.4, 0.5) is 4.79 Å². The SMILES string of the molecule is O=C(COc1ccccc1)OCNC(=O)OCc1ccc(Cl)cc1Cl. The Morgan fingerprint density at radius 2 is 1.76 bits per heavy atom. The van der Waals surface area contributed by atoms with Crippen LogP contribution < -0.4 is 10.1 Å². The van der Waals surface area contributed by atoms with Crippen LogP contribution in [0.2, 0.25) is 10.0 Å². The van der Waals surface area contributed by atoms with Crippen molar-refractivity contribution >= 4 is 35.3 Å². The molecule has 0 aliphatic rings. The lowest BCUT2D eigenvalue weighted by atomic mass is 10.2. The third-order valence-corrected chi connectivity index (χ3v) is 3.51. The fourth-order valence-electron chi connectivity index (χ4n) is 1.71. The number of rotatable bonds is 7. The molecule has 0 spiro atoms. The van der Waals surface area contributed by atoms with E-state index in [4.69, 9.17) is 37.4 Å². The molecule has 0 radical (unpaired) electrons. The Labute approximate surface area is 154 Å². The molecule has 2 rings (SSSR count). The smallest absolute Gasteiger partial charge is 0.410 e. The number of carbonyl (C=O) groups is 2. The molecule has 6 nitrogen and oxygen atoms in total. The average Bonchev–Trinajstić information content (AvgIpc) is 2.60. The highest BCUT2D eigenvalue weighted by molar-refractivity contribution is 6.35. The fourth-order valence-corrected chi connectivity index (χ4v) is 2.17. The molecule has 25 heavy (non-hydrogen) atoms. The van der Waals surface area contributed by atoms with Crippen molar-refractivity contribution in [2.45, 2.75) is 6.61 Å². The first kappa shape index (κ1) is 18.9. The van der Waals surface area contributed by atoms with Crippen LogP contribution in [0.3, 0.4) is 0 Å². The lowest BCUT2D eigenvalue weighted by Gasteiger charge is -2.09. The van der Waals surface area contributed by atoms with E-state index in [-0.39, 0.29) is 19.9 Å². The van der Waals surface area contributed by atoms with Crippen molar-refractivity contribution in [1.29, 1.82) is 0 Å². The number of halogens is 2. The number of benzene rings is 2. The molecule has 2 aromatic rings. The second-order valence-corrected chi connectivity index (χ2v) is 5.59. The van der Waals surface area contributed by atoms with Gasteiger partial charge in [-0.3, -0.25) is 5.32 Å². The highest BCUT2D eigenvalue weighted by Gasteiger charge is 2.08. The van der Waals surface area contributed by atoms with Gasteiger partial charge in [-0.1, -0.05) is 47.5 Å². The number of amides is 1. The van der Waals surface area contributed by atoms with E-state index in [1.807, 2.05) is 6.07 Å². The molecule has 0 unspecified atom stereocenters. The van der Waals surface area contributed by atoms with Crippen LogP contribution in [0.5, 0.6) is 5.75 Å². The maximum atomic E-state index is 11.5. The molecule has 0 atom stereocenters. The van der Waals surface area contributed by atoms with Gasteiger partial charge in [0.2, 0.25) is 0 Å². The number of hydrogen-bond acceptors (Lipinski definition) is 5. The first-order chi connectivity index (χ1) is 12.0. The van der Waals surface area contributed by atoms with Gasteiger partial charge in [-0.15, -0.1) is 0 Å². The van der Waals surface area contributed by atoms with Gasteiger partial charge >= 0.3 is 12.1 Å². The minimum Gasteiger partial charge on any atom is -0.482 e. The van der Waals surface area contributed by atoms with Crippen molar-refractivity contribution in [2.24, 2.45) is 0 Å². The Balaban J connectivity index is 1.62. The summed E-state index contributed by atoms with van der Waals surface area (Å²) in [6, 6.07) is 13.7. The third-order valence-electron chi connectivity index (χ3n) is 2.92. The summed E-state index contributed by atoms with van der Waals surface area (Å²) in [4.78, 5) is 23.0. The zero-order valence-corrected chi connectivity index (χ0v) is 14.5. The first-order valence-corrected chi connectivity index (χ1v) is 7.98. The summed E-state index contributed by atoms with van der Waals surface area (Å²) in [5.74, 6) is -0.0726. The van der Waals surface area contributed by atoms with E-state index in [1.54, 1.807) is 42.5 Å². The van der Waals surface area contributed by atoms with Gasteiger partial charge in [-0.05, 0) is 24.3 Å². The average molecular weight is 384 g/mol. The van der Waals surface area contributed by atoms with Crippen LogP contribution in [0.25, 0.3) is 0 Å². The number of nitrogens with one attached hydrogen (secondary N) is 1. The van der Waals surface area contributed by atoms with E-state index in [0.29, 0.717) is 21.4 Å². The molecule has 0 saturated carbocycles. The maximum Gasteiger partial charge on any atom is 0.410 e. The summed E-state index contributed by atoms with van der Waals surface area (Å²) in [5, 5.41) is 3.17. The van der Waals surface area contributed by atoms with Gasteiger partial charge in [-0.2, -0.15) is 0 Å². The lowest BCUT2D eigenvalue weighted by Crippen LogP contribution is -2.29. The van der Waals surface area contributed by atoms with E-state index in [9.17, 15) is 9.59 Å².